The molecule has 9 heteroatoms. The highest BCUT2D eigenvalue weighted by Crippen LogP contribution is 2.30. The zero-order valence-electron chi connectivity index (χ0n) is 16.2. The molecule has 2 amide bonds. The van der Waals surface area contributed by atoms with Crippen molar-refractivity contribution in [3.8, 4) is 0 Å². The van der Waals surface area contributed by atoms with Crippen molar-refractivity contribution in [2.75, 3.05) is 57.8 Å². The van der Waals surface area contributed by atoms with Gasteiger partial charge in [-0.25, -0.2) is 0 Å². The minimum Gasteiger partial charge on any atom is -0.363 e. The molecule has 1 N–H and O–H groups in total. The second-order valence-corrected chi connectivity index (χ2v) is 7.34. The number of rotatable bonds is 7. The van der Waals surface area contributed by atoms with E-state index in [-0.39, 0.29) is 23.1 Å². The van der Waals surface area contributed by atoms with E-state index in [0.29, 0.717) is 31.6 Å². The highest BCUT2D eigenvalue weighted by Gasteiger charge is 2.24. The molecule has 0 aliphatic carbocycles. The van der Waals surface area contributed by atoms with E-state index in [9.17, 15) is 19.7 Å². The third-order valence-corrected chi connectivity index (χ3v) is 5.34. The third-order valence-electron chi connectivity index (χ3n) is 5.34. The first-order chi connectivity index (χ1) is 13.5. The predicted molar refractivity (Wildman–Crippen MR) is 106 cm³/mol. The Labute approximate surface area is 164 Å². The standard InChI is InChI=1S/C19H27N5O4/c1-21-10-12-22(13-11-21)16-6-5-15(14-17(16)24(27)28)19(26)20-7-3-9-23-8-2-4-18(23)25/h5-6,14H,2-4,7-13H2,1H3,(H,20,26). The molecule has 0 radical (unpaired) electrons. The average molecular weight is 389 g/mol. The van der Waals surface area contributed by atoms with Gasteiger partial charge in [-0.15, -0.1) is 0 Å². The van der Waals surface area contributed by atoms with Crippen LogP contribution in [0.4, 0.5) is 11.4 Å². The second kappa shape index (κ2) is 9.01. The summed E-state index contributed by atoms with van der Waals surface area (Å²) in [6.07, 6.45) is 2.17. The monoisotopic (exact) mass is 389 g/mol. The van der Waals surface area contributed by atoms with Crippen molar-refractivity contribution in [1.82, 2.24) is 15.1 Å². The quantitative estimate of drug-likeness (QED) is 0.426. The minimum absolute atomic E-state index is 0.0418. The van der Waals surface area contributed by atoms with Crippen LogP contribution in [0.15, 0.2) is 18.2 Å². The Morgan fingerprint density at radius 1 is 1.21 bits per heavy atom. The van der Waals surface area contributed by atoms with Crippen LogP contribution in [0.1, 0.15) is 29.6 Å². The van der Waals surface area contributed by atoms with Crippen LogP contribution in [0.2, 0.25) is 0 Å². The first kappa shape index (κ1) is 20.1. The highest BCUT2D eigenvalue weighted by atomic mass is 16.6. The summed E-state index contributed by atoms with van der Waals surface area (Å²) in [6, 6.07) is 4.66. The lowest BCUT2D eigenvalue weighted by atomic mass is 10.1. The number of likely N-dealkylation sites (tertiary alicyclic amines) is 1. The summed E-state index contributed by atoms with van der Waals surface area (Å²) in [5.41, 5.74) is 0.795. The Morgan fingerprint density at radius 3 is 2.61 bits per heavy atom. The average Bonchev–Trinajstić information content (AvgIpc) is 3.10. The molecule has 0 atom stereocenters. The van der Waals surface area contributed by atoms with Crippen LogP contribution in [0.5, 0.6) is 0 Å². The Kier molecular flexibility index (Phi) is 6.45. The van der Waals surface area contributed by atoms with Gasteiger partial charge in [0.2, 0.25) is 5.91 Å². The number of nitro groups is 1. The number of carbonyl (C=O) groups is 2. The van der Waals surface area contributed by atoms with Gasteiger partial charge < -0.3 is 20.0 Å². The number of benzene rings is 1. The molecular weight excluding hydrogens is 362 g/mol. The smallest absolute Gasteiger partial charge is 0.293 e. The lowest BCUT2D eigenvalue weighted by Gasteiger charge is -2.33. The number of anilines is 1. The minimum atomic E-state index is -0.427. The van der Waals surface area contributed by atoms with Crippen molar-refractivity contribution in [3.63, 3.8) is 0 Å². The van der Waals surface area contributed by atoms with E-state index < -0.39 is 4.92 Å². The van der Waals surface area contributed by atoms with Gasteiger partial charge in [0.15, 0.2) is 0 Å². The van der Waals surface area contributed by atoms with Gasteiger partial charge in [0.1, 0.15) is 5.69 Å². The molecule has 9 nitrogen and oxygen atoms in total. The van der Waals surface area contributed by atoms with E-state index in [2.05, 4.69) is 10.2 Å². The van der Waals surface area contributed by atoms with Crippen molar-refractivity contribution in [3.05, 3.63) is 33.9 Å². The molecule has 0 bridgehead atoms. The summed E-state index contributed by atoms with van der Waals surface area (Å²) >= 11 is 0. The topological polar surface area (TPSA) is 99.0 Å². The van der Waals surface area contributed by atoms with E-state index in [1.807, 2.05) is 16.8 Å². The van der Waals surface area contributed by atoms with Crippen molar-refractivity contribution in [2.24, 2.45) is 0 Å². The van der Waals surface area contributed by atoms with Crippen LogP contribution in [-0.4, -0.2) is 79.4 Å². The third kappa shape index (κ3) is 4.78. The predicted octanol–water partition coefficient (Wildman–Crippen LogP) is 1.09. The maximum Gasteiger partial charge on any atom is 0.293 e. The van der Waals surface area contributed by atoms with E-state index in [1.165, 1.54) is 6.07 Å². The fourth-order valence-electron chi connectivity index (χ4n) is 3.64. The largest absolute Gasteiger partial charge is 0.363 e. The van der Waals surface area contributed by atoms with Gasteiger partial charge in [-0.05, 0) is 32.0 Å². The molecule has 2 aliphatic rings. The van der Waals surface area contributed by atoms with Crippen molar-refractivity contribution >= 4 is 23.2 Å². The van der Waals surface area contributed by atoms with Gasteiger partial charge in [0.05, 0.1) is 4.92 Å². The molecule has 152 valence electrons. The summed E-state index contributed by atoms with van der Waals surface area (Å²) in [4.78, 5) is 41.0. The fraction of sp³-hybridized carbons (Fsp3) is 0.579. The van der Waals surface area contributed by atoms with Crippen LogP contribution >= 0.6 is 0 Å². The number of hydrogen-bond donors (Lipinski definition) is 1. The first-order valence-electron chi connectivity index (χ1n) is 9.73. The van der Waals surface area contributed by atoms with Gasteiger partial charge >= 0.3 is 0 Å². The second-order valence-electron chi connectivity index (χ2n) is 7.34. The van der Waals surface area contributed by atoms with Gasteiger partial charge in [-0.1, -0.05) is 0 Å². The van der Waals surface area contributed by atoms with Gasteiger partial charge in [0, 0.05) is 63.9 Å². The maximum atomic E-state index is 12.4. The molecule has 1 aromatic carbocycles. The molecule has 2 aliphatic heterocycles. The zero-order chi connectivity index (χ0) is 20.1. The summed E-state index contributed by atoms with van der Waals surface area (Å²) in [5.74, 6) is -0.165. The number of piperazine rings is 1. The SMILES string of the molecule is CN1CCN(c2ccc(C(=O)NCCCN3CCCC3=O)cc2[N+](=O)[O-])CC1. The van der Waals surface area contributed by atoms with Crippen molar-refractivity contribution in [1.29, 1.82) is 0 Å². The number of nitro benzene ring substituents is 1. The maximum absolute atomic E-state index is 12.4. The normalized spacial score (nSPS) is 17.8. The Morgan fingerprint density at radius 2 is 1.96 bits per heavy atom. The van der Waals surface area contributed by atoms with E-state index in [1.54, 1.807) is 12.1 Å². The van der Waals surface area contributed by atoms with E-state index >= 15 is 0 Å². The first-order valence-corrected chi connectivity index (χ1v) is 9.73. The molecule has 0 saturated carbocycles. The van der Waals surface area contributed by atoms with E-state index in [4.69, 9.17) is 0 Å². The summed E-state index contributed by atoms with van der Waals surface area (Å²) < 4.78 is 0. The van der Waals surface area contributed by atoms with Crippen molar-refractivity contribution < 1.29 is 14.5 Å². The van der Waals surface area contributed by atoms with Gasteiger partial charge in [-0.3, -0.25) is 19.7 Å². The Hall–Kier alpha value is -2.68. The molecule has 0 unspecified atom stereocenters. The number of nitrogens with zero attached hydrogens (tertiary/aromatic N) is 4. The van der Waals surface area contributed by atoms with Crippen LogP contribution in [0.25, 0.3) is 0 Å². The van der Waals surface area contributed by atoms with Crippen LogP contribution in [-0.2, 0) is 4.79 Å². The number of likely N-dealkylation sites (N-methyl/N-ethyl adjacent to an activating group) is 1. The molecule has 3 rings (SSSR count). The lowest BCUT2D eigenvalue weighted by molar-refractivity contribution is -0.384. The zero-order valence-corrected chi connectivity index (χ0v) is 16.2. The molecule has 28 heavy (non-hydrogen) atoms. The highest BCUT2D eigenvalue weighted by molar-refractivity contribution is 5.95. The molecule has 2 heterocycles. The molecular formula is C19H27N5O4. The number of carbonyl (C=O) groups excluding carboxylic acids is 2. The van der Waals surface area contributed by atoms with Crippen molar-refractivity contribution in [2.45, 2.75) is 19.3 Å². The van der Waals surface area contributed by atoms with Crippen LogP contribution in [0, 0.1) is 10.1 Å². The van der Waals surface area contributed by atoms with Gasteiger partial charge in [-0.2, -0.15) is 0 Å². The Bertz CT molecular complexity index is 746. The van der Waals surface area contributed by atoms with Crippen LogP contribution < -0.4 is 10.2 Å². The summed E-state index contributed by atoms with van der Waals surface area (Å²) in [7, 11) is 2.03. The molecule has 0 spiro atoms. The summed E-state index contributed by atoms with van der Waals surface area (Å²) in [5, 5.41) is 14.3. The molecule has 2 fully saturated rings. The van der Waals surface area contributed by atoms with Crippen LogP contribution in [0.3, 0.4) is 0 Å². The number of hydrogen-bond acceptors (Lipinski definition) is 6. The lowest BCUT2D eigenvalue weighted by Crippen LogP contribution is -2.44. The molecule has 2 saturated heterocycles. The van der Waals surface area contributed by atoms with E-state index in [0.717, 1.165) is 39.1 Å². The number of amides is 2. The number of nitrogens with one attached hydrogen (secondary N) is 1. The Balaban J connectivity index is 1.58. The fourth-order valence-corrected chi connectivity index (χ4v) is 3.64. The summed E-state index contributed by atoms with van der Waals surface area (Å²) in [6.45, 7) is 4.97. The molecule has 1 aromatic rings. The molecule has 0 aromatic heterocycles. The van der Waals surface area contributed by atoms with Gasteiger partial charge in [0.25, 0.3) is 11.6 Å².